The molecule has 2 aromatic rings. The summed E-state index contributed by atoms with van der Waals surface area (Å²) in [5.74, 6) is 0. The van der Waals surface area contributed by atoms with Crippen molar-refractivity contribution in [1.82, 2.24) is 0 Å². The fourth-order valence-electron chi connectivity index (χ4n) is 2.99. The summed E-state index contributed by atoms with van der Waals surface area (Å²) in [4.78, 5) is 0. The lowest BCUT2D eigenvalue weighted by Crippen LogP contribution is -1.88. The Bertz CT molecular complexity index is 545. The highest BCUT2D eigenvalue weighted by molar-refractivity contribution is 6.31. The Hall–Kier alpha value is -1.01. The standard InChI is InChI=1S/C20H27Cl/c1-2-3-4-5-6-7-8-9-11-17-12-10-13-18-16-19(21)14-15-20(17)18/h10,12-16H,2-9,11H2,1H3. The van der Waals surface area contributed by atoms with Crippen molar-refractivity contribution in [2.45, 2.75) is 64.7 Å². The topological polar surface area (TPSA) is 0 Å². The zero-order valence-corrected chi connectivity index (χ0v) is 14.0. The van der Waals surface area contributed by atoms with Gasteiger partial charge in [0.25, 0.3) is 0 Å². The van der Waals surface area contributed by atoms with Crippen molar-refractivity contribution < 1.29 is 0 Å². The number of benzene rings is 2. The van der Waals surface area contributed by atoms with Gasteiger partial charge in [-0.15, -0.1) is 0 Å². The van der Waals surface area contributed by atoms with Gasteiger partial charge in [0, 0.05) is 5.02 Å². The van der Waals surface area contributed by atoms with Gasteiger partial charge in [0.1, 0.15) is 0 Å². The van der Waals surface area contributed by atoms with E-state index < -0.39 is 0 Å². The minimum atomic E-state index is 0.826. The van der Waals surface area contributed by atoms with Gasteiger partial charge in [-0.3, -0.25) is 0 Å². The molecule has 0 aliphatic carbocycles. The highest BCUT2D eigenvalue weighted by Gasteiger charge is 2.01. The van der Waals surface area contributed by atoms with Crippen LogP contribution in [0.2, 0.25) is 5.02 Å². The van der Waals surface area contributed by atoms with Crippen LogP contribution in [0.3, 0.4) is 0 Å². The fourth-order valence-corrected chi connectivity index (χ4v) is 3.17. The highest BCUT2D eigenvalue weighted by atomic mass is 35.5. The Balaban J connectivity index is 1.76. The smallest absolute Gasteiger partial charge is 0.0412 e. The molecule has 0 radical (unpaired) electrons. The molecule has 2 aromatic carbocycles. The largest absolute Gasteiger partial charge is 0.0843 e. The molecular weight excluding hydrogens is 276 g/mol. The first-order valence-corrected chi connectivity index (χ1v) is 8.86. The van der Waals surface area contributed by atoms with Crippen molar-refractivity contribution in [1.29, 1.82) is 0 Å². The molecule has 114 valence electrons. The summed E-state index contributed by atoms with van der Waals surface area (Å²) in [5.41, 5.74) is 1.47. The summed E-state index contributed by atoms with van der Waals surface area (Å²) in [6.45, 7) is 2.28. The molecule has 1 heteroatoms. The maximum absolute atomic E-state index is 6.07. The number of halogens is 1. The van der Waals surface area contributed by atoms with Gasteiger partial charge in [0.15, 0.2) is 0 Å². The van der Waals surface area contributed by atoms with E-state index in [1.165, 1.54) is 74.1 Å². The van der Waals surface area contributed by atoms with Crippen molar-refractivity contribution in [2.75, 3.05) is 0 Å². The Morgan fingerprint density at radius 3 is 2.29 bits per heavy atom. The Labute approximate surface area is 134 Å². The molecule has 2 rings (SSSR count). The van der Waals surface area contributed by atoms with Gasteiger partial charge in [-0.2, -0.15) is 0 Å². The van der Waals surface area contributed by atoms with Crippen LogP contribution in [0.25, 0.3) is 10.8 Å². The van der Waals surface area contributed by atoms with Crippen LogP contribution in [0.4, 0.5) is 0 Å². The van der Waals surface area contributed by atoms with Crippen LogP contribution in [0, 0.1) is 0 Å². The van der Waals surface area contributed by atoms with Crippen molar-refractivity contribution in [3.8, 4) is 0 Å². The van der Waals surface area contributed by atoms with Crippen LogP contribution < -0.4 is 0 Å². The van der Waals surface area contributed by atoms with Crippen LogP contribution in [0.1, 0.15) is 63.9 Å². The van der Waals surface area contributed by atoms with E-state index in [2.05, 4.69) is 37.3 Å². The molecule has 0 aliphatic heterocycles. The summed E-state index contributed by atoms with van der Waals surface area (Å²) < 4.78 is 0. The molecule has 0 fully saturated rings. The van der Waals surface area contributed by atoms with E-state index in [-0.39, 0.29) is 0 Å². The van der Waals surface area contributed by atoms with Crippen LogP contribution in [-0.4, -0.2) is 0 Å². The molecule has 0 amide bonds. The predicted molar refractivity (Wildman–Crippen MR) is 95.3 cm³/mol. The minimum absolute atomic E-state index is 0.826. The van der Waals surface area contributed by atoms with Crippen molar-refractivity contribution in [3.63, 3.8) is 0 Å². The zero-order chi connectivity index (χ0) is 14.9. The molecule has 0 heterocycles. The lowest BCUT2D eigenvalue weighted by molar-refractivity contribution is 0.576. The first-order chi connectivity index (χ1) is 10.3. The molecule has 0 bridgehead atoms. The molecule has 0 unspecified atom stereocenters. The summed E-state index contributed by atoms with van der Waals surface area (Å²) in [6.07, 6.45) is 12.2. The average Bonchev–Trinajstić information content (AvgIpc) is 2.49. The van der Waals surface area contributed by atoms with E-state index >= 15 is 0 Å². The molecule has 0 aliphatic rings. The zero-order valence-electron chi connectivity index (χ0n) is 13.2. The molecule has 0 N–H and O–H groups in total. The molecule has 0 saturated heterocycles. The predicted octanol–water partition coefficient (Wildman–Crippen LogP) is 7.18. The van der Waals surface area contributed by atoms with Crippen LogP contribution in [0.5, 0.6) is 0 Å². The van der Waals surface area contributed by atoms with Gasteiger partial charge >= 0.3 is 0 Å². The molecule has 0 spiro atoms. The lowest BCUT2D eigenvalue weighted by Gasteiger charge is -2.07. The quantitative estimate of drug-likeness (QED) is 0.430. The second-order valence-electron chi connectivity index (χ2n) is 6.01. The number of unbranched alkanes of at least 4 members (excludes halogenated alkanes) is 7. The van der Waals surface area contributed by atoms with E-state index in [4.69, 9.17) is 11.6 Å². The van der Waals surface area contributed by atoms with E-state index in [0.29, 0.717) is 0 Å². The maximum Gasteiger partial charge on any atom is 0.0412 e. The van der Waals surface area contributed by atoms with Gasteiger partial charge < -0.3 is 0 Å². The Morgan fingerprint density at radius 1 is 0.810 bits per heavy atom. The molecule has 0 aromatic heterocycles. The third-order valence-corrected chi connectivity index (χ3v) is 4.47. The number of fused-ring (bicyclic) bond motifs is 1. The lowest BCUT2D eigenvalue weighted by atomic mass is 9.99. The van der Waals surface area contributed by atoms with Gasteiger partial charge in [0.05, 0.1) is 0 Å². The van der Waals surface area contributed by atoms with Gasteiger partial charge in [-0.25, -0.2) is 0 Å². The number of aryl methyl sites for hydroxylation is 1. The summed E-state index contributed by atoms with van der Waals surface area (Å²) in [7, 11) is 0. The van der Waals surface area contributed by atoms with E-state index in [9.17, 15) is 0 Å². The summed E-state index contributed by atoms with van der Waals surface area (Å²) in [6, 6.07) is 12.8. The van der Waals surface area contributed by atoms with E-state index in [1.54, 1.807) is 0 Å². The van der Waals surface area contributed by atoms with Crippen molar-refractivity contribution >= 4 is 22.4 Å². The normalized spacial score (nSPS) is 11.1. The van der Waals surface area contributed by atoms with Crippen LogP contribution in [-0.2, 0) is 6.42 Å². The monoisotopic (exact) mass is 302 g/mol. The van der Waals surface area contributed by atoms with Crippen LogP contribution >= 0.6 is 11.6 Å². The second kappa shape index (κ2) is 9.10. The maximum atomic E-state index is 6.07. The van der Waals surface area contributed by atoms with Gasteiger partial charge in [-0.05, 0) is 41.3 Å². The summed E-state index contributed by atoms with van der Waals surface area (Å²) >= 11 is 6.07. The van der Waals surface area contributed by atoms with Crippen LogP contribution in [0.15, 0.2) is 36.4 Å². The Kier molecular flexibility index (Phi) is 7.09. The third-order valence-electron chi connectivity index (χ3n) is 4.23. The van der Waals surface area contributed by atoms with Gasteiger partial charge in [0.2, 0.25) is 0 Å². The van der Waals surface area contributed by atoms with Gasteiger partial charge in [-0.1, -0.05) is 87.7 Å². The second-order valence-corrected chi connectivity index (χ2v) is 6.44. The summed E-state index contributed by atoms with van der Waals surface area (Å²) in [5, 5.41) is 3.45. The molecule has 0 nitrogen and oxygen atoms in total. The fraction of sp³-hybridized carbons (Fsp3) is 0.500. The van der Waals surface area contributed by atoms with E-state index in [0.717, 1.165) is 5.02 Å². The minimum Gasteiger partial charge on any atom is -0.0843 e. The number of hydrogen-bond donors (Lipinski definition) is 0. The third kappa shape index (κ3) is 5.36. The highest BCUT2D eigenvalue weighted by Crippen LogP contribution is 2.24. The SMILES string of the molecule is CCCCCCCCCCc1cccc2cc(Cl)ccc12. The first kappa shape index (κ1) is 16.4. The molecule has 0 atom stereocenters. The van der Waals surface area contributed by atoms with E-state index in [1.807, 2.05) is 6.07 Å². The number of rotatable bonds is 9. The molecule has 21 heavy (non-hydrogen) atoms. The van der Waals surface area contributed by atoms with Crippen molar-refractivity contribution in [3.05, 3.63) is 47.0 Å². The molecular formula is C20H27Cl. The average molecular weight is 303 g/mol. The molecule has 0 saturated carbocycles. The first-order valence-electron chi connectivity index (χ1n) is 8.48. The Morgan fingerprint density at radius 2 is 1.52 bits per heavy atom. The van der Waals surface area contributed by atoms with Crippen molar-refractivity contribution in [2.24, 2.45) is 0 Å². The number of hydrogen-bond acceptors (Lipinski definition) is 0.